The zero-order valence-corrected chi connectivity index (χ0v) is 12.0. The summed E-state index contributed by atoms with van der Waals surface area (Å²) in [5.41, 5.74) is 1.30. The van der Waals surface area contributed by atoms with Gasteiger partial charge in [0, 0.05) is 24.0 Å². The molecule has 1 fully saturated rings. The Kier molecular flexibility index (Phi) is 4.33. The number of aliphatic hydroxyl groups is 2. The topological polar surface area (TPSA) is 91.7 Å². The molecule has 6 nitrogen and oxygen atoms in total. The monoisotopic (exact) mass is 302 g/mol. The Balaban J connectivity index is 1.65. The van der Waals surface area contributed by atoms with E-state index in [1.165, 1.54) is 6.20 Å². The summed E-state index contributed by atoms with van der Waals surface area (Å²) < 4.78 is 5.19. The lowest BCUT2D eigenvalue weighted by atomic mass is 9.96. The molecular weight excluding hydrogens is 284 g/mol. The van der Waals surface area contributed by atoms with E-state index in [9.17, 15) is 15.0 Å². The molecule has 2 heterocycles. The SMILES string of the molecule is O=C(NC[C@@H]1COC[C@@H](O)[C@H]1O)c1cnc2ccccc2c1. The lowest BCUT2D eigenvalue weighted by Crippen LogP contribution is -2.48. The molecule has 6 heteroatoms. The molecule has 1 aliphatic rings. The first-order valence-corrected chi connectivity index (χ1v) is 7.22. The van der Waals surface area contributed by atoms with Gasteiger partial charge in [-0.2, -0.15) is 0 Å². The highest BCUT2D eigenvalue weighted by molar-refractivity contribution is 5.97. The molecule has 22 heavy (non-hydrogen) atoms. The van der Waals surface area contributed by atoms with Crippen LogP contribution < -0.4 is 5.32 Å². The van der Waals surface area contributed by atoms with Gasteiger partial charge in [0.05, 0.1) is 30.4 Å². The first-order chi connectivity index (χ1) is 10.6. The Morgan fingerprint density at radius 3 is 3.00 bits per heavy atom. The minimum atomic E-state index is -0.905. The molecule has 0 bridgehead atoms. The molecule has 0 aliphatic carbocycles. The van der Waals surface area contributed by atoms with Crippen LogP contribution in [-0.2, 0) is 4.74 Å². The van der Waals surface area contributed by atoms with Crippen LogP contribution in [0.25, 0.3) is 10.9 Å². The van der Waals surface area contributed by atoms with Crippen LogP contribution in [0.2, 0.25) is 0 Å². The molecule has 2 aromatic rings. The van der Waals surface area contributed by atoms with Crippen LogP contribution in [0.4, 0.5) is 0 Å². The highest BCUT2D eigenvalue weighted by Gasteiger charge is 2.31. The third kappa shape index (κ3) is 3.09. The lowest BCUT2D eigenvalue weighted by Gasteiger charge is -2.31. The Hall–Kier alpha value is -2.02. The van der Waals surface area contributed by atoms with Crippen molar-refractivity contribution >= 4 is 16.8 Å². The Morgan fingerprint density at radius 1 is 1.32 bits per heavy atom. The Bertz CT molecular complexity index is 676. The number of rotatable bonds is 3. The zero-order chi connectivity index (χ0) is 15.5. The molecule has 1 saturated heterocycles. The fourth-order valence-corrected chi connectivity index (χ4v) is 2.55. The van der Waals surface area contributed by atoms with Gasteiger partial charge in [0.2, 0.25) is 0 Å². The van der Waals surface area contributed by atoms with E-state index < -0.39 is 12.2 Å². The minimum absolute atomic E-state index is 0.125. The van der Waals surface area contributed by atoms with Crippen LogP contribution in [0.5, 0.6) is 0 Å². The van der Waals surface area contributed by atoms with Gasteiger partial charge in [-0.25, -0.2) is 0 Å². The average Bonchev–Trinajstić information content (AvgIpc) is 2.55. The van der Waals surface area contributed by atoms with Crippen molar-refractivity contribution < 1.29 is 19.7 Å². The van der Waals surface area contributed by atoms with Crippen LogP contribution >= 0.6 is 0 Å². The highest BCUT2D eigenvalue weighted by atomic mass is 16.5. The van der Waals surface area contributed by atoms with Crippen molar-refractivity contribution in [3.8, 4) is 0 Å². The van der Waals surface area contributed by atoms with E-state index in [-0.39, 0.29) is 25.0 Å². The van der Waals surface area contributed by atoms with Crippen LogP contribution in [-0.4, -0.2) is 53.1 Å². The van der Waals surface area contributed by atoms with Crippen LogP contribution in [0.15, 0.2) is 36.5 Å². The number of nitrogens with one attached hydrogen (secondary N) is 1. The number of hydrogen-bond donors (Lipinski definition) is 3. The first kappa shape index (κ1) is 14.9. The highest BCUT2D eigenvalue weighted by Crippen LogP contribution is 2.15. The van der Waals surface area contributed by atoms with Gasteiger partial charge < -0.3 is 20.3 Å². The molecular formula is C16H18N2O4. The van der Waals surface area contributed by atoms with Crippen molar-refractivity contribution in [3.05, 3.63) is 42.1 Å². The summed E-state index contributed by atoms with van der Waals surface area (Å²) in [6.07, 6.45) is -0.262. The van der Waals surface area contributed by atoms with E-state index in [0.717, 1.165) is 10.9 Å². The number of carbonyl (C=O) groups is 1. The van der Waals surface area contributed by atoms with E-state index in [2.05, 4.69) is 10.3 Å². The molecule has 0 unspecified atom stereocenters. The molecule has 3 N–H and O–H groups in total. The molecule has 0 spiro atoms. The second-order valence-corrected chi connectivity index (χ2v) is 5.48. The van der Waals surface area contributed by atoms with Crippen molar-refractivity contribution in [1.29, 1.82) is 0 Å². The number of fused-ring (bicyclic) bond motifs is 1. The van der Waals surface area contributed by atoms with Crippen molar-refractivity contribution in [2.45, 2.75) is 12.2 Å². The lowest BCUT2D eigenvalue weighted by molar-refractivity contribution is -0.118. The number of ether oxygens (including phenoxy) is 1. The summed E-state index contributed by atoms with van der Waals surface area (Å²) >= 11 is 0. The van der Waals surface area contributed by atoms with Gasteiger partial charge in [-0.3, -0.25) is 9.78 Å². The van der Waals surface area contributed by atoms with Crippen LogP contribution in [0, 0.1) is 5.92 Å². The maximum absolute atomic E-state index is 12.2. The third-order valence-electron chi connectivity index (χ3n) is 3.88. The number of nitrogens with zero attached hydrogens (tertiary/aromatic N) is 1. The largest absolute Gasteiger partial charge is 0.390 e. The van der Waals surface area contributed by atoms with Gasteiger partial charge in [0.15, 0.2) is 0 Å². The van der Waals surface area contributed by atoms with E-state index in [4.69, 9.17) is 4.74 Å². The average molecular weight is 302 g/mol. The van der Waals surface area contributed by atoms with Gasteiger partial charge in [-0.1, -0.05) is 18.2 Å². The molecule has 1 amide bonds. The Labute approximate surface area is 127 Å². The van der Waals surface area contributed by atoms with E-state index in [1.807, 2.05) is 24.3 Å². The smallest absolute Gasteiger partial charge is 0.252 e. The van der Waals surface area contributed by atoms with Gasteiger partial charge in [0.1, 0.15) is 6.10 Å². The number of amides is 1. The molecule has 1 aromatic heterocycles. The predicted molar refractivity (Wildman–Crippen MR) is 80.4 cm³/mol. The fourth-order valence-electron chi connectivity index (χ4n) is 2.55. The van der Waals surface area contributed by atoms with Crippen molar-refractivity contribution in [1.82, 2.24) is 10.3 Å². The normalized spacial score (nSPS) is 25.1. The van der Waals surface area contributed by atoms with Gasteiger partial charge in [-0.15, -0.1) is 0 Å². The van der Waals surface area contributed by atoms with Gasteiger partial charge in [0.25, 0.3) is 5.91 Å². The summed E-state index contributed by atoms with van der Waals surface area (Å²) in [6.45, 7) is 0.679. The summed E-state index contributed by atoms with van der Waals surface area (Å²) in [4.78, 5) is 16.4. The number of carbonyl (C=O) groups excluding carboxylic acids is 1. The molecule has 1 aromatic carbocycles. The number of hydrogen-bond acceptors (Lipinski definition) is 5. The maximum Gasteiger partial charge on any atom is 0.252 e. The van der Waals surface area contributed by atoms with Crippen molar-refractivity contribution in [2.75, 3.05) is 19.8 Å². The standard InChI is InChI=1S/C16H18N2O4/c19-14-9-22-8-12(15(14)20)7-18-16(21)11-5-10-3-1-2-4-13(10)17-6-11/h1-6,12,14-15,19-20H,7-9H2,(H,18,21)/t12-,14-,15+/m1/s1. The summed E-state index contributed by atoms with van der Waals surface area (Å²) in [5, 5.41) is 23.1. The summed E-state index contributed by atoms with van der Waals surface area (Å²) in [5.74, 6) is -0.577. The van der Waals surface area contributed by atoms with Crippen LogP contribution in [0.3, 0.4) is 0 Å². The number of pyridine rings is 1. The van der Waals surface area contributed by atoms with Crippen molar-refractivity contribution in [2.24, 2.45) is 5.92 Å². The maximum atomic E-state index is 12.2. The van der Waals surface area contributed by atoms with Gasteiger partial charge in [-0.05, 0) is 12.1 Å². The van der Waals surface area contributed by atoms with Gasteiger partial charge >= 0.3 is 0 Å². The number of aliphatic hydroxyl groups excluding tert-OH is 2. The summed E-state index contributed by atoms with van der Waals surface area (Å²) in [6, 6.07) is 9.34. The third-order valence-corrected chi connectivity index (χ3v) is 3.88. The fraction of sp³-hybridized carbons (Fsp3) is 0.375. The number of para-hydroxylation sites is 1. The number of benzene rings is 1. The van der Waals surface area contributed by atoms with E-state index >= 15 is 0 Å². The molecule has 116 valence electrons. The van der Waals surface area contributed by atoms with Crippen LogP contribution in [0.1, 0.15) is 10.4 Å². The van der Waals surface area contributed by atoms with Crippen molar-refractivity contribution in [3.63, 3.8) is 0 Å². The second-order valence-electron chi connectivity index (χ2n) is 5.48. The second kappa shape index (κ2) is 6.39. The van der Waals surface area contributed by atoms with E-state index in [1.54, 1.807) is 6.07 Å². The molecule has 1 aliphatic heterocycles. The minimum Gasteiger partial charge on any atom is -0.390 e. The molecule has 0 radical (unpaired) electrons. The quantitative estimate of drug-likeness (QED) is 0.760. The zero-order valence-electron chi connectivity index (χ0n) is 12.0. The first-order valence-electron chi connectivity index (χ1n) is 7.22. The molecule has 0 saturated carbocycles. The van der Waals surface area contributed by atoms with E-state index in [0.29, 0.717) is 12.2 Å². The predicted octanol–water partition coefficient (Wildman–Crippen LogP) is 0.333. The summed E-state index contributed by atoms with van der Waals surface area (Å²) in [7, 11) is 0. The Morgan fingerprint density at radius 2 is 2.14 bits per heavy atom. The molecule has 3 rings (SSSR count). The number of aromatic nitrogens is 1. The molecule has 3 atom stereocenters.